The van der Waals surface area contributed by atoms with Gasteiger partial charge in [0.2, 0.25) is 0 Å². The second-order valence-electron chi connectivity index (χ2n) is 7.96. The molecule has 0 saturated carbocycles. The van der Waals surface area contributed by atoms with Crippen LogP contribution in [0.1, 0.15) is 29.5 Å². The molecule has 0 bridgehead atoms. The van der Waals surface area contributed by atoms with Gasteiger partial charge in [0.05, 0.1) is 0 Å². The van der Waals surface area contributed by atoms with Crippen LogP contribution in [-0.4, -0.2) is 54.7 Å². The van der Waals surface area contributed by atoms with Crippen molar-refractivity contribution in [3.05, 3.63) is 45.3 Å². The number of hydrogen-bond acceptors (Lipinski definition) is 5. The van der Waals surface area contributed by atoms with Crippen molar-refractivity contribution in [1.29, 1.82) is 0 Å². The molecule has 5 heteroatoms. The van der Waals surface area contributed by atoms with E-state index < -0.39 is 0 Å². The topological polar surface area (TPSA) is 56.9 Å². The highest BCUT2D eigenvalue weighted by Gasteiger charge is 2.25. The average Bonchev–Trinajstić information content (AvgIpc) is 2.79. The zero-order valence-corrected chi connectivity index (χ0v) is 16.3. The normalized spacial score (nSPS) is 22.1. The summed E-state index contributed by atoms with van der Waals surface area (Å²) in [5, 5.41) is 10.7. The summed E-state index contributed by atoms with van der Waals surface area (Å²) in [6.07, 6.45) is 2.12. The second-order valence-corrected chi connectivity index (χ2v) is 7.96. The van der Waals surface area contributed by atoms with Gasteiger partial charge in [-0.1, -0.05) is 0 Å². The van der Waals surface area contributed by atoms with Gasteiger partial charge in [0.25, 0.3) is 0 Å². The van der Waals surface area contributed by atoms with Crippen LogP contribution in [0.15, 0.2) is 27.4 Å². The first-order valence-electron chi connectivity index (χ1n) is 9.41. The van der Waals surface area contributed by atoms with E-state index in [9.17, 15) is 9.90 Å². The van der Waals surface area contributed by atoms with E-state index in [0.717, 1.165) is 42.4 Å². The molecule has 2 aromatic rings. The Bertz CT molecular complexity index is 828. The summed E-state index contributed by atoms with van der Waals surface area (Å²) in [5.74, 6) is 0.287. The Morgan fingerprint density at radius 1 is 1.15 bits per heavy atom. The summed E-state index contributed by atoms with van der Waals surface area (Å²) in [7, 11) is 4.22. The van der Waals surface area contributed by atoms with Crippen LogP contribution in [0.2, 0.25) is 0 Å². The number of aliphatic hydroxyl groups excluding tert-OH is 1. The van der Waals surface area contributed by atoms with Crippen LogP contribution >= 0.6 is 0 Å². The smallest absolute Gasteiger partial charge is 0.336 e. The van der Waals surface area contributed by atoms with Crippen molar-refractivity contribution in [2.45, 2.75) is 39.3 Å². The Morgan fingerprint density at radius 2 is 1.88 bits per heavy atom. The third kappa shape index (κ3) is 4.17. The predicted molar refractivity (Wildman–Crippen MR) is 105 cm³/mol. The third-order valence-electron chi connectivity index (χ3n) is 5.72. The van der Waals surface area contributed by atoms with Crippen molar-refractivity contribution in [3.8, 4) is 0 Å². The van der Waals surface area contributed by atoms with Gasteiger partial charge in [-0.3, -0.25) is 4.90 Å². The van der Waals surface area contributed by atoms with Crippen molar-refractivity contribution in [3.63, 3.8) is 0 Å². The highest BCUT2D eigenvalue weighted by Crippen LogP contribution is 2.25. The minimum absolute atomic E-state index is 0.215. The molecule has 0 spiro atoms. The van der Waals surface area contributed by atoms with Gasteiger partial charge in [0.15, 0.2) is 0 Å². The molecule has 142 valence electrons. The molecule has 1 aliphatic rings. The largest absolute Gasteiger partial charge is 0.423 e. The average molecular weight is 358 g/mol. The third-order valence-corrected chi connectivity index (χ3v) is 5.72. The molecular formula is C21H30N2O3. The van der Waals surface area contributed by atoms with Crippen molar-refractivity contribution >= 4 is 11.0 Å². The van der Waals surface area contributed by atoms with E-state index >= 15 is 0 Å². The summed E-state index contributed by atoms with van der Waals surface area (Å²) in [5.41, 5.74) is 3.70. The van der Waals surface area contributed by atoms with E-state index in [-0.39, 0.29) is 18.2 Å². The van der Waals surface area contributed by atoms with Crippen molar-refractivity contribution < 1.29 is 9.52 Å². The fourth-order valence-corrected chi connectivity index (χ4v) is 3.90. The van der Waals surface area contributed by atoms with Gasteiger partial charge in [-0.25, -0.2) is 4.79 Å². The molecule has 0 radical (unpaired) electrons. The molecule has 3 rings (SSSR count). The van der Waals surface area contributed by atoms with Crippen LogP contribution in [0, 0.1) is 19.8 Å². The van der Waals surface area contributed by atoms with E-state index in [0.29, 0.717) is 18.2 Å². The molecule has 1 aromatic heterocycles. The first-order chi connectivity index (χ1) is 12.4. The molecule has 1 aromatic carbocycles. The molecule has 1 fully saturated rings. The standard InChI is InChI=1S/C21H30N2O3/c1-14-7-19-17(9-21(25)26-20(19)8-15(14)2)11-23-10-16(13-24)5-6-18(12-23)22(3)4/h7-9,16,18,24H,5-6,10-13H2,1-4H3/t16-,18+/m0/s1. The fraction of sp³-hybridized carbons (Fsp3) is 0.571. The minimum atomic E-state index is -0.298. The van der Waals surface area contributed by atoms with E-state index in [4.69, 9.17) is 4.42 Å². The Kier molecular flexibility index (Phi) is 5.80. The van der Waals surface area contributed by atoms with E-state index in [1.165, 1.54) is 5.56 Å². The van der Waals surface area contributed by atoms with Crippen LogP contribution in [0.4, 0.5) is 0 Å². The van der Waals surface area contributed by atoms with Crippen molar-refractivity contribution in [2.24, 2.45) is 5.92 Å². The molecule has 1 saturated heterocycles. The van der Waals surface area contributed by atoms with Crippen LogP contribution in [-0.2, 0) is 6.54 Å². The molecule has 26 heavy (non-hydrogen) atoms. The number of aryl methyl sites for hydroxylation is 2. The minimum Gasteiger partial charge on any atom is -0.423 e. The summed E-state index contributed by atoms with van der Waals surface area (Å²) in [4.78, 5) is 16.7. The number of benzene rings is 1. The summed E-state index contributed by atoms with van der Waals surface area (Å²) in [6.45, 7) is 6.82. The van der Waals surface area contributed by atoms with Gasteiger partial charge in [0, 0.05) is 43.7 Å². The van der Waals surface area contributed by atoms with Crippen molar-refractivity contribution in [1.82, 2.24) is 9.80 Å². The first-order valence-corrected chi connectivity index (χ1v) is 9.41. The van der Waals surface area contributed by atoms with Crippen LogP contribution in [0.25, 0.3) is 11.0 Å². The number of hydrogen-bond donors (Lipinski definition) is 1. The van der Waals surface area contributed by atoms with E-state index in [2.05, 4.69) is 36.9 Å². The molecule has 2 heterocycles. The zero-order chi connectivity index (χ0) is 18.8. The second kappa shape index (κ2) is 7.91. The molecular weight excluding hydrogens is 328 g/mol. The van der Waals surface area contributed by atoms with Crippen LogP contribution in [0.3, 0.4) is 0 Å². The van der Waals surface area contributed by atoms with Gasteiger partial charge in [-0.15, -0.1) is 0 Å². The molecule has 2 atom stereocenters. The Morgan fingerprint density at radius 3 is 2.58 bits per heavy atom. The lowest BCUT2D eigenvalue weighted by molar-refractivity contribution is 0.158. The maximum Gasteiger partial charge on any atom is 0.336 e. The lowest BCUT2D eigenvalue weighted by Gasteiger charge is -2.29. The van der Waals surface area contributed by atoms with E-state index in [1.807, 2.05) is 13.0 Å². The molecule has 0 unspecified atom stereocenters. The molecule has 1 N–H and O–H groups in total. The molecule has 5 nitrogen and oxygen atoms in total. The molecule has 1 aliphatic heterocycles. The number of likely N-dealkylation sites (tertiary alicyclic amines) is 1. The van der Waals surface area contributed by atoms with E-state index in [1.54, 1.807) is 6.07 Å². The van der Waals surface area contributed by atoms with Gasteiger partial charge in [0.1, 0.15) is 5.58 Å². The molecule has 0 amide bonds. The lowest BCUT2D eigenvalue weighted by atomic mass is 10.0. The van der Waals surface area contributed by atoms with Gasteiger partial charge in [-0.05, 0) is 75.5 Å². The fourth-order valence-electron chi connectivity index (χ4n) is 3.90. The highest BCUT2D eigenvalue weighted by molar-refractivity contribution is 5.81. The Balaban J connectivity index is 1.95. The summed E-state index contributed by atoms with van der Waals surface area (Å²) < 4.78 is 5.43. The number of fused-ring (bicyclic) bond motifs is 1. The highest BCUT2D eigenvalue weighted by atomic mass is 16.4. The molecule has 0 aliphatic carbocycles. The number of nitrogens with zero attached hydrogens (tertiary/aromatic N) is 2. The van der Waals surface area contributed by atoms with Gasteiger partial charge >= 0.3 is 5.63 Å². The predicted octanol–water partition coefficient (Wildman–Crippen LogP) is 2.54. The van der Waals surface area contributed by atoms with Gasteiger partial charge < -0.3 is 14.4 Å². The number of rotatable bonds is 4. The van der Waals surface area contributed by atoms with Crippen molar-refractivity contribution in [2.75, 3.05) is 33.8 Å². The maximum absolute atomic E-state index is 12.1. The van der Waals surface area contributed by atoms with Crippen LogP contribution in [0.5, 0.6) is 0 Å². The number of likely N-dealkylation sites (N-methyl/N-ethyl adjacent to an activating group) is 1. The monoisotopic (exact) mass is 358 g/mol. The summed E-state index contributed by atoms with van der Waals surface area (Å²) >= 11 is 0. The first kappa shape index (κ1) is 19.1. The Hall–Kier alpha value is -1.69. The maximum atomic E-state index is 12.1. The summed E-state index contributed by atoms with van der Waals surface area (Å²) in [6, 6.07) is 6.16. The quantitative estimate of drug-likeness (QED) is 0.851. The SMILES string of the molecule is Cc1cc2oc(=O)cc(CN3C[C@@H](CO)CC[C@@H](N(C)C)C3)c2cc1C. The Labute approximate surface area is 155 Å². The zero-order valence-electron chi connectivity index (χ0n) is 16.3. The lowest BCUT2D eigenvalue weighted by Crippen LogP contribution is -2.39. The van der Waals surface area contributed by atoms with Crippen LogP contribution < -0.4 is 5.63 Å². The van der Waals surface area contributed by atoms with Gasteiger partial charge in [-0.2, -0.15) is 0 Å². The number of aliphatic hydroxyl groups is 1.